The van der Waals surface area contributed by atoms with Gasteiger partial charge in [-0.05, 0) is 40.8 Å². The van der Waals surface area contributed by atoms with E-state index in [-0.39, 0.29) is 5.56 Å². The number of hydrogen-bond acceptors (Lipinski definition) is 2. The maximum absolute atomic E-state index is 12.7. The highest BCUT2D eigenvalue weighted by molar-refractivity contribution is 14.1. The van der Waals surface area contributed by atoms with E-state index in [1.165, 1.54) is 12.1 Å². The first-order valence-corrected chi connectivity index (χ1v) is 4.31. The lowest BCUT2D eigenvalue weighted by molar-refractivity contribution is 0.0750. The van der Waals surface area contributed by atoms with Crippen LogP contribution in [-0.4, -0.2) is 5.97 Å². The van der Waals surface area contributed by atoms with Crippen LogP contribution in [0, 0.1) is 9.39 Å². The summed E-state index contributed by atoms with van der Waals surface area (Å²) < 4.78 is 17.2. The lowest BCUT2D eigenvalue weighted by Gasteiger charge is -1.97. The smallest absolute Gasteiger partial charge is 0.343 e. The Labute approximate surface area is 87.0 Å². The van der Waals surface area contributed by atoms with Crippen LogP contribution >= 0.6 is 34.5 Å². The molecular formula is C7H3ClFIO2. The van der Waals surface area contributed by atoms with Gasteiger partial charge in [-0.3, -0.25) is 0 Å². The van der Waals surface area contributed by atoms with Gasteiger partial charge in [0.05, 0.1) is 5.56 Å². The summed E-state index contributed by atoms with van der Waals surface area (Å²) in [5, 5.41) is 0. The summed E-state index contributed by atoms with van der Waals surface area (Å²) in [6, 6.07) is 3.84. The van der Waals surface area contributed by atoms with Gasteiger partial charge in [-0.25, -0.2) is 9.18 Å². The van der Waals surface area contributed by atoms with E-state index in [0.29, 0.717) is 3.57 Å². The summed E-state index contributed by atoms with van der Waals surface area (Å²) in [7, 11) is 0. The molecule has 0 saturated carbocycles. The summed E-state index contributed by atoms with van der Waals surface area (Å²) in [4.78, 5) is 10.8. The minimum atomic E-state index is -0.755. The van der Waals surface area contributed by atoms with Crippen LogP contribution in [0.4, 0.5) is 4.39 Å². The standard InChI is InChI=1S/C7H3ClFIO2/c8-12-7(11)4-1-5(9)3-6(10)2-4/h1-3H. The first-order chi connectivity index (χ1) is 5.63. The van der Waals surface area contributed by atoms with Gasteiger partial charge >= 0.3 is 5.97 Å². The second-order valence-corrected chi connectivity index (χ2v) is 3.42. The predicted molar refractivity (Wildman–Crippen MR) is 50.4 cm³/mol. The van der Waals surface area contributed by atoms with E-state index < -0.39 is 11.8 Å². The molecule has 0 heterocycles. The van der Waals surface area contributed by atoms with E-state index in [1.54, 1.807) is 0 Å². The average molecular weight is 300 g/mol. The van der Waals surface area contributed by atoms with Crippen molar-refractivity contribution < 1.29 is 13.5 Å². The molecule has 0 aliphatic rings. The maximum Gasteiger partial charge on any atom is 0.356 e. The second kappa shape index (κ2) is 4.04. The minimum absolute atomic E-state index is 0.106. The molecule has 0 aliphatic carbocycles. The Hall–Kier alpha value is -0.360. The molecule has 0 aliphatic heterocycles. The number of carbonyl (C=O) groups is 1. The molecule has 2 nitrogen and oxygen atoms in total. The normalized spacial score (nSPS) is 9.58. The van der Waals surface area contributed by atoms with E-state index in [9.17, 15) is 9.18 Å². The van der Waals surface area contributed by atoms with Crippen LogP contribution in [0.25, 0.3) is 0 Å². The van der Waals surface area contributed by atoms with E-state index in [0.717, 1.165) is 6.07 Å². The topological polar surface area (TPSA) is 26.3 Å². The van der Waals surface area contributed by atoms with Crippen LogP contribution < -0.4 is 0 Å². The number of rotatable bonds is 1. The van der Waals surface area contributed by atoms with Crippen molar-refractivity contribution in [2.24, 2.45) is 0 Å². The number of hydrogen-bond donors (Lipinski definition) is 0. The highest BCUT2D eigenvalue weighted by Crippen LogP contribution is 2.12. The molecule has 0 aromatic heterocycles. The SMILES string of the molecule is O=C(OCl)c1cc(F)cc(I)c1. The summed E-state index contributed by atoms with van der Waals surface area (Å²) in [5.41, 5.74) is 0.106. The zero-order valence-electron chi connectivity index (χ0n) is 5.68. The van der Waals surface area contributed by atoms with E-state index in [4.69, 9.17) is 11.9 Å². The van der Waals surface area contributed by atoms with Crippen LogP contribution in [0.3, 0.4) is 0 Å². The lowest BCUT2D eigenvalue weighted by Crippen LogP contribution is -1.99. The zero-order chi connectivity index (χ0) is 9.14. The van der Waals surface area contributed by atoms with Gasteiger partial charge in [0.25, 0.3) is 0 Å². The van der Waals surface area contributed by atoms with Crippen molar-refractivity contribution in [1.29, 1.82) is 0 Å². The molecule has 1 aromatic carbocycles. The summed E-state index contributed by atoms with van der Waals surface area (Å²) in [6.07, 6.45) is 0. The molecule has 1 aromatic rings. The second-order valence-electron chi connectivity index (χ2n) is 2.02. The Balaban J connectivity index is 3.08. The molecule has 0 amide bonds. The van der Waals surface area contributed by atoms with Gasteiger partial charge in [0.1, 0.15) is 17.7 Å². The van der Waals surface area contributed by atoms with Crippen molar-refractivity contribution in [1.82, 2.24) is 0 Å². The Bertz CT molecular complexity index is 296. The van der Waals surface area contributed by atoms with Gasteiger partial charge in [-0.2, -0.15) is 0 Å². The zero-order valence-corrected chi connectivity index (χ0v) is 8.60. The monoisotopic (exact) mass is 300 g/mol. The third-order valence-electron chi connectivity index (χ3n) is 1.17. The predicted octanol–water partition coefficient (Wildman–Crippen LogP) is 2.74. The molecule has 12 heavy (non-hydrogen) atoms. The van der Waals surface area contributed by atoms with Gasteiger partial charge in [-0.15, -0.1) is 0 Å². The summed E-state index contributed by atoms with van der Waals surface area (Å²) in [5.74, 6) is -1.24. The van der Waals surface area contributed by atoms with E-state index in [2.05, 4.69) is 4.29 Å². The Morgan fingerprint density at radius 1 is 1.50 bits per heavy atom. The van der Waals surface area contributed by atoms with Crippen LogP contribution in [0.1, 0.15) is 10.4 Å². The van der Waals surface area contributed by atoms with Crippen molar-refractivity contribution in [2.75, 3.05) is 0 Å². The minimum Gasteiger partial charge on any atom is -0.343 e. The van der Waals surface area contributed by atoms with Crippen molar-refractivity contribution in [3.63, 3.8) is 0 Å². The Morgan fingerprint density at radius 2 is 2.17 bits per heavy atom. The fraction of sp³-hybridized carbons (Fsp3) is 0. The summed E-state index contributed by atoms with van der Waals surface area (Å²) in [6.45, 7) is 0. The average Bonchev–Trinajstić information content (AvgIpc) is 2.01. The van der Waals surface area contributed by atoms with Crippen LogP contribution in [-0.2, 0) is 4.29 Å². The molecule has 0 N–H and O–H groups in total. The van der Waals surface area contributed by atoms with Gasteiger partial charge in [0.2, 0.25) is 0 Å². The van der Waals surface area contributed by atoms with E-state index in [1.807, 2.05) is 22.6 Å². The van der Waals surface area contributed by atoms with Crippen molar-refractivity contribution >= 4 is 40.4 Å². The van der Waals surface area contributed by atoms with Crippen LogP contribution in [0.5, 0.6) is 0 Å². The fourth-order valence-corrected chi connectivity index (χ4v) is 1.44. The maximum atomic E-state index is 12.7. The molecule has 0 spiro atoms. The molecule has 0 fully saturated rings. The van der Waals surface area contributed by atoms with Gasteiger partial charge < -0.3 is 4.29 Å². The summed E-state index contributed by atoms with van der Waals surface area (Å²) >= 11 is 6.71. The van der Waals surface area contributed by atoms with Crippen LogP contribution in [0.2, 0.25) is 0 Å². The molecular weight excluding hydrogens is 297 g/mol. The molecule has 0 bridgehead atoms. The quantitative estimate of drug-likeness (QED) is 0.746. The van der Waals surface area contributed by atoms with Crippen molar-refractivity contribution in [2.45, 2.75) is 0 Å². The number of halogens is 3. The molecule has 0 saturated heterocycles. The van der Waals surface area contributed by atoms with E-state index >= 15 is 0 Å². The first-order valence-electron chi connectivity index (χ1n) is 2.92. The number of benzene rings is 1. The van der Waals surface area contributed by atoms with Crippen LogP contribution in [0.15, 0.2) is 18.2 Å². The van der Waals surface area contributed by atoms with Crippen molar-refractivity contribution in [3.8, 4) is 0 Å². The largest absolute Gasteiger partial charge is 0.356 e. The lowest BCUT2D eigenvalue weighted by atomic mass is 10.2. The van der Waals surface area contributed by atoms with Gasteiger partial charge in [-0.1, -0.05) is 0 Å². The molecule has 5 heteroatoms. The highest BCUT2D eigenvalue weighted by Gasteiger charge is 2.08. The molecule has 0 unspecified atom stereocenters. The third kappa shape index (κ3) is 2.31. The molecule has 0 atom stereocenters. The highest BCUT2D eigenvalue weighted by atomic mass is 127. The van der Waals surface area contributed by atoms with Crippen molar-refractivity contribution in [3.05, 3.63) is 33.1 Å². The fourth-order valence-electron chi connectivity index (χ4n) is 0.716. The Kier molecular flexibility index (Phi) is 3.28. The molecule has 1 rings (SSSR count). The van der Waals surface area contributed by atoms with Gasteiger partial charge in [0, 0.05) is 3.57 Å². The first kappa shape index (κ1) is 9.73. The third-order valence-corrected chi connectivity index (χ3v) is 1.93. The number of carbonyl (C=O) groups excluding carboxylic acids is 1. The molecule has 64 valence electrons. The van der Waals surface area contributed by atoms with Gasteiger partial charge in [0.15, 0.2) is 0 Å². The molecule has 0 radical (unpaired) electrons. The Morgan fingerprint density at radius 3 is 2.67 bits per heavy atom.